The topological polar surface area (TPSA) is 40.2 Å². The van der Waals surface area contributed by atoms with Crippen LogP contribution in [0.3, 0.4) is 0 Å². The van der Waals surface area contributed by atoms with Gasteiger partial charge in [-0.15, -0.1) is 0 Å². The average Bonchev–Trinajstić information content (AvgIpc) is 2.18. The van der Waals surface area contributed by atoms with Gasteiger partial charge in [0, 0.05) is 6.42 Å². The van der Waals surface area contributed by atoms with Crippen LogP contribution in [-0.2, 0) is 10.0 Å². The molecule has 1 aliphatic carbocycles. The van der Waals surface area contributed by atoms with Gasteiger partial charge in [-0.2, -0.15) is 5.06 Å². The second-order valence-electron chi connectivity index (χ2n) is 5.12. The van der Waals surface area contributed by atoms with E-state index in [0.29, 0.717) is 12.3 Å². The van der Waals surface area contributed by atoms with E-state index in [9.17, 15) is 10.0 Å². The number of rotatable bonds is 0. The van der Waals surface area contributed by atoms with Gasteiger partial charge >= 0.3 is 0 Å². The van der Waals surface area contributed by atoms with Crippen LogP contribution < -0.4 is 0 Å². The third-order valence-corrected chi connectivity index (χ3v) is 4.48. The van der Waals surface area contributed by atoms with Crippen LogP contribution in [0.25, 0.3) is 0 Å². The lowest BCUT2D eigenvalue weighted by atomic mass is 9.67. The fourth-order valence-electron chi connectivity index (χ4n) is 2.87. The highest BCUT2D eigenvalue weighted by Crippen LogP contribution is 2.57. The van der Waals surface area contributed by atoms with Crippen LogP contribution in [0.15, 0.2) is 0 Å². The number of hydroxylamine groups is 2. The summed E-state index contributed by atoms with van der Waals surface area (Å²) in [6.07, 6.45) is 2.33. The second-order valence-corrected chi connectivity index (χ2v) is 5.12. The minimum atomic E-state index is -0.451. The highest BCUT2D eigenvalue weighted by atomic mass is 16.5. The molecule has 2 aliphatic rings. The minimum Gasteiger partial charge on any atom is -0.272 e. The van der Waals surface area contributed by atoms with Crippen LogP contribution in [0.1, 0.15) is 40.0 Å². The van der Waals surface area contributed by atoms with E-state index in [2.05, 4.69) is 13.8 Å². The van der Waals surface area contributed by atoms with Gasteiger partial charge in [0.25, 0.3) is 0 Å². The van der Waals surface area contributed by atoms with Crippen molar-refractivity contribution < 1.29 is 10.0 Å². The Morgan fingerprint density at radius 1 is 1.38 bits per heavy atom. The smallest absolute Gasteiger partial charge is 0.249 e. The zero-order valence-corrected chi connectivity index (χ0v) is 8.46. The van der Waals surface area contributed by atoms with Crippen LogP contribution in [0.5, 0.6) is 0 Å². The molecule has 0 aromatic rings. The lowest BCUT2D eigenvalue weighted by Crippen LogP contribution is -2.58. The van der Waals surface area contributed by atoms with E-state index in [0.717, 1.165) is 17.9 Å². The van der Waals surface area contributed by atoms with Crippen LogP contribution >= 0.6 is 0 Å². The zero-order valence-electron chi connectivity index (χ0n) is 8.46. The number of hydrogen-bond acceptors (Lipinski definition) is 1. The predicted molar refractivity (Wildman–Crippen MR) is 47.1 cm³/mol. The number of carbonyl (C=O) groups excluding carboxylic acids is 1. The summed E-state index contributed by atoms with van der Waals surface area (Å²) in [5.41, 5.74) is -0.463. The van der Waals surface area contributed by atoms with Crippen LogP contribution in [0.2, 0.25) is 0 Å². The summed E-state index contributed by atoms with van der Waals surface area (Å²) in [6, 6.07) is 0. The number of nitrogens with zero attached hydrogens (tertiary/aromatic N) is 1. The van der Waals surface area contributed by atoms with Crippen molar-refractivity contribution in [2.45, 2.75) is 45.6 Å². The maximum Gasteiger partial charge on any atom is 0.249 e. The molecule has 2 fully saturated rings. The first kappa shape index (κ1) is 9.00. The Bertz CT molecular complexity index is 262. The Morgan fingerprint density at radius 3 is 2.62 bits per heavy atom. The fraction of sp³-hybridized carbons (Fsp3) is 0.900. The molecule has 1 aliphatic heterocycles. The summed E-state index contributed by atoms with van der Waals surface area (Å²) < 4.78 is 0. The molecule has 1 heterocycles. The van der Waals surface area contributed by atoms with Gasteiger partial charge in [0.05, 0.1) is 5.54 Å². The molecule has 0 aromatic heterocycles. The molecule has 1 saturated heterocycles. The van der Waals surface area contributed by atoms with Crippen molar-refractivity contribution in [3.63, 3.8) is 0 Å². The van der Waals surface area contributed by atoms with E-state index in [1.165, 1.54) is 0 Å². The molecule has 0 N–H and O–H groups in total. The predicted octanol–water partition coefficient (Wildman–Crippen LogP) is 1.76. The quantitative estimate of drug-likeness (QED) is 0.562. The van der Waals surface area contributed by atoms with Gasteiger partial charge < -0.3 is 0 Å². The van der Waals surface area contributed by atoms with Crippen LogP contribution in [0, 0.1) is 11.3 Å². The first-order chi connectivity index (χ1) is 5.89. The van der Waals surface area contributed by atoms with E-state index >= 15 is 0 Å². The first-order valence-corrected chi connectivity index (χ1v) is 4.90. The Balaban J connectivity index is 2.44. The van der Waals surface area contributed by atoms with E-state index < -0.39 is 5.54 Å². The molecule has 3 heteroatoms. The summed E-state index contributed by atoms with van der Waals surface area (Å²) in [7, 11) is 0. The number of piperidine rings is 1. The third-order valence-electron chi connectivity index (χ3n) is 4.48. The molecule has 73 valence electrons. The van der Waals surface area contributed by atoms with Gasteiger partial charge in [0.15, 0.2) is 0 Å². The van der Waals surface area contributed by atoms with E-state index in [1.807, 2.05) is 6.92 Å². The number of amides is 1. The maximum absolute atomic E-state index is 11.7. The number of fused-ring (bicyclic) bond motifs is 2. The summed E-state index contributed by atoms with van der Waals surface area (Å²) in [4.78, 5) is 11.4. The van der Waals surface area contributed by atoms with Crippen molar-refractivity contribution in [2.24, 2.45) is 11.3 Å². The molecule has 1 amide bonds. The second kappa shape index (κ2) is 2.27. The summed E-state index contributed by atoms with van der Waals surface area (Å²) in [5.74, 6) is 0.194. The minimum absolute atomic E-state index is 0.0112. The van der Waals surface area contributed by atoms with Crippen molar-refractivity contribution in [3.05, 3.63) is 0 Å². The molecule has 0 spiro atoms. The van der Waals surface area contributed by atoms with E-state index in [1.54, 1.807) is 0 Å². The lowest BCUT2D eigenvalue weighted by Gasteiger charge is -2.48. The Hall–Kier alpha value is -0.570. The van der Waals surface area contributed by atoms with Gasteiger partial charge in [-0.05, 0) is 31.1 Å². The van der Waals surface area contributed by atoms with E-state index in [-0.39, 0.29) is 11.3 Å². The number of carbonyl (C=O) groups is 1. The molecule has 2 bridgehead atoms. The van der Waals surface area contributed by atoms with E-state index in [4.69, 9.17) is 0 Å². The van der Waals surface area contributed by atoms with Gasteiger partial charge in [0.1, 0.15) is 0 Å². The van der Waals surface area contributed by atoms with Crippen molar-refractivity contribution in [1.29, 1.82) is 0 Å². The van der Waals surface area contributed by atoms with Crippen LogP contribution in [-0.4, -0.2) is 16.5 Å². The highest BCUT2D eigenvalue weighted by molar-refractivity contribution is 5.78. The Morgan fingerprint density at radius 2 is 2.00 bits per heavy atom. The largest absolute Gasteiger partial charge is 0.272 e. The first-order valence-electron chi connectivity index (χ1n) is 4.90. The fourth-order valence-corrected chi connectivity index (χ4v) is 2.87. The number of hydrogen-bond donors (Lipinski definition) is 0. The molecule has 3 nitrogen and oxygen atoms in total. The molecule has 13 heavy (non-hydrogen) atoms. The Labute approximate surface area is 78.7 Å². The Kier molecular flexibility index (Phi) is 1.57. The van der Waals surface area contributed by atoms with Crippen molar-refractivity contribution in [2.75, 3.05) is 0 Å². The standard InChI is InChI=1S/C10H16NO2/c1-9(2)7-4-5-10(9,3)11(13)8(12)6-7/h7H,4-6H2,1-3H3/t7-,10-/m1/s1. The van der Waals surface area contributed by atoms with Crippen LogP contribution in [0.4, 0.5) is 0 Å². The molecular formula is C10H16NO2. The normalized spacial score (nSPS) is 42.6. The van der Waals surface area contributed by atoms with Crippen molar-refractivity contribution in [3.8, 4) is 0 Å². The van der Waals surface area contributed by atoms with Gasteiger partial charge in [0.2, 0.25) is 5.91 Å². The van der Waals surface area contributed by atoms with Gasteiger partial charge in [-0.3, -0.25) is 4.79 Å². The van der Waals surface area contributed by atoms with Crippen molar-refractivity contribution in [1.82, 2.24) is 5.06 Å². The molecule has 2 atom stereocenters. The van der Waals surface area contributed by atoms with Crippen molar-refractivity contribution >= 4 is 5.91 Å². The molecule has 2 rings (SSSR count). The zero-order chi connectivity index (χ0) is 9.85. The summed E-state index contributed by atoms with van der Waals surface area (Å²) in [6.45, 7) is 6.15. The lowest BCUT2D eigenvalue weighted by molar-refractivity contribution is -0.251. The molecule has 1 radical (unpaired) electrons. The molecule has 0 aromatic carbocycles. The monoisotopic (exact) mass is 182 g/mol. The molecule has 0 unspecified atom stereocenters. The maximum atomic E-state index is 11.7. The SMILES string of the molecule is CC1(C)[C@@H]2CC[C@@]1(C)N([O])C(=O)C2. The molecular weight excluding hydrogens is 166 g/mol. The highest BCUT2D eigenvalue weighted by Gasteiger charge is 2.60. The third kappa shape index (κ3) is 0.857. The summed E-state index contributed by atoms with van der Waals surface area (Å²) >= 11 is 0. The summed E-state index contributed by atoms with van der Waals surface area (Å²) in [5, 5.41) is 12.4. The average molecular weight is 182 g/mol. The molecule has 1 saturated carbocycles. The van der Waals surface area contributed by atoms with Gasteiger partial charge in [-0.25, -0.2) is 0 Å². The van der Waals surface area contributed by atoms with Gasteiger partial charge in [-0.1, -0.05) is 19.1 Å².